The molecule has 10 nitrogen and oxygen atoms in total. The van der Waals surface area contributed by atoms with Gasteiger partial charge < -0.3 is 34.8 Å². The highest BCUT2D eigenvalue weighted by Crippen LogP contribution is 2.28. The van der Waals surface area contributed by atoms with Crippen molar-refractivity contribution in [1.82, 2.24) is 15.1 Å². The number of amides is 2. The first kappa shape index (κ1) is 34.8. The van der Waals surface area contributed by atoms with Gasteiger partial charge >= 0.3 is 12.1 Å². The smallest absolute Gasteiger partial charge is 0.410 e. The summed E-state index contributed by atoms with van der Waals surface area (Å²) in [6.07, 6.45) is 10.5. The molecule has 1 saturated heterocycles. The molecule has 43 heavy (non-hydrogen) atoms. The molecule has 1 aliphatic carbocycles. The number of carbonyl (C=O) groups is 3. The van der Waals surface area contributed by atoms with Crippen molar-refractivity contribution < 1.29 is 34.1 Å². The highest BCUT2D eigenvalue weighted by molar-refractivity contribution is 5.78. The van der Waals surface area contributed by atoms with Crippen LogP contribution in [0, 0.1) is 17.8 Å². The number of hydrogen-bond donors (Lipinski definition) is 3. The summed E-state index contributed by atoms with van der Waals surface area (Å²) < 4.78 is 11.7. The van der Waals surface area contributed by atoms with Gasteiger partial charge in [-0.2, -0.15) is 0 Å². The Morgan fingerprint density at radius 1 is 1.19 bits per heavy atom. The lowest BCUT2D eigenvalue weighted by Gasteiger charge is -2.36. The van der Waals surface area contributed by atoms with Crippen molar-refractivity contribution in [2.45, 2.75) is 96.6 Å². The second-order valence-corrected chi connectivity index (χ2v) is 13.0. The summed E-state index contributed by atoms with van der Waals surface area (Å²) in [5.41, 5.74) is -0.650. The number of likely N-dealkylation sites (N-methyl/N-ethyl adjacent to an activating group) is 1. The number of allylic oxidation sites excluding steroid dienone is 2. The van der Waals surface area contributed by atoms with Gasteiger partial charge in [0.2, 0.25) is 5.91 Å². The average molecular weight is 604 g/mol. The molecule has 3 aliphatic rings. The molecular formula is C33H53N3O7. The molecule has 0 spiro atoms. The molecule has 0 radical (unpaired) electrons. The zero-order valence-electron chi connectivity index (χ0n) is 26.7. The second-order valence-electron chi connectivity index (χ2n) is 13.0. The van der Waals surface area contributed by atoms with Gasteiger partial charge in [-0.05, 0) is 64.1 Å². The Kier molecular flexibility index (Phi) is 13.3. The molecule has 10 heteroatoms. The van der Waals surface area contributed by atoms with Gasteiger partial charge in [-0.3, -0.25) is 9.59 Å². The monoisotopic (exact) mass is 603 g/mol. The van der Waals surface area contributed by atoms with Crippen molar-refractivity contribution in [3.63, 3.8) is 0 Å². The molecule has 0 aromatic rings. The second kappa shape index (κ2) is 16.4. The summed E-state index contributed by atoms with van der Waals surface area (Å²) >= 11 is 0. The van der Waals surface area contributed by atoms with Crippen LogP contribution in [-0.4, -0.2) is 102 Å². The highest BCUT2D eigenvalue weighted by atomic mass is 16.6. The summed E-state index contributed by atoms with van der Waals surface area (Å²) in [5.74, 6) is -0.428. The first-order valence-electron chi connectivity index (χ1n) is 15.9. The van der Waals surface area contributed by atoms with Crippen LogP contribution in [0.1, 0.15) is 72.6 Å². The Morgan fingerprint density at radius 2 is 1.86 bits per heavy atom. The third kappa shape index (κ3) is 11.1. The van der Waals surface area contributed by atoms with E-state index >= 15 is 0 Å². The van der Waals surface area contributed by atoms with Crippen LogP contribution in [0.15, 0.2) is 36.0 Å². The predicted molar refractivity (Wildman–Crippen MR) is 165 cm³/mol. The molecule has 0 unspecified atom stereocenters. The van der Waals surface area contributed by atoms with E-state index in [1.165, 1.54) is 0 Å². The normalized spacial score (nSPS) is 32.0. The maximum Gasteiger partial charge on any atom is 0.410 e. The van der Waals surface area contributed by atoms with Crippen LogP contribution in [-0.2, 0) is 19.1 Å². The molecule has 242 valence electrons. The minimum absolute atomic E-state index is 0.124. The number of cyclic esters (lactones) is 1. The molecular weight excluding hydrogens is 550 g/mol. The first-order valence-corrected chi connectivity index (χ1v) is 15.9. The van der Waals surface area contributed by atoms with Gasteiger partial charge in [0.1, 0.15) is 11.7 Å². The van der Waals surface area contributed by atoms with Crippen molar-refractivity contribution in [3.05, 3.63) is 36.0 Å². The van der Waals surface area contributed by atoms with Crippen LogP contribution in [0.4, 0.5) is 4.79 Å². The van der Waals surface area contributed by atoms with Gasteiger partial charge in [0, 0.05) is 44.6 Å². The molecule has 0 bridgehead atoms. The summed E-state index contributed by atoms with van der Waals surface area (Å²) in [6.45, 7) is 10.5. The number of hydrogen-bond acceptors (Lipinski definition) is 8. The number of ether oxygens (including phenoxy) is 2. The molecule has 2 fully saturated rings. The van der Waals surface area contributed by atoms with Crippen molar-refractivity contribution in [3.8, 4) is 0 Å². The van der Waals surface area contributed by atoms with E-state index in [4.69, 9.17) is 9.47 Å². The zero-order chi connectivity index (χ0) is 31.6. The average Bonchev–Trinajstić information content (AvgIpc) is 3.50. The van der Waals surface area contributed by atoms with Crippen LogP contribution in [0.3, 0.4) is 0 Å². The fraction of sp³-hybridized carbons (Fsp3) is 0.727. The Labute approximate surface area is 257 Å². The molecule has 3 N–H and O–H groups in total. The van der Waals surface area contributed by atoms with Crippen LogP contribution in [0.5, 0.6) is 0 Å². The van der Waals surface area contributed by atoms with Crippen LogP contribution in [0.2, 0.25) is 0 Å². The summed E-state index contributed by atoms with van der Waals surface area (Å²) in [5, 5.41) is 24.9. The van der Waals surface area contributed by atoms with Crippen LogP contribution >= 0.6 is 0 Å². The Hall–Kier alpha value is -2.69. The fourth-order valence-corrected chi connectivity index (χ4v) is 5.78. The van der Waals surface area contributed by atoms with E-state index in [0.717, 1.165) is 44.3 Å². The third-order valence-corrected chi connectivity index (χ3v) is 8.89. The van der Waals surface area contributed by atoms with E-state index in [9.17, 15) is 24.6 Å². The van der Waals surface area contributed by atoms with Gasteiger partial charge in [0.05, 0.1) is 12.5 Å². The zero-order valence-corrected chi connectivity index (χ0v) is 26.7. The van der Waals surface area contributed by atoms with Crippen molar-refractivity contribution >= 4 is 18.0 Å². The number of rotatable bonds is 7. The molecule has 3 rings (SSSR count). The maximum absolute atomic E-state index is 13.0. The largest absolute Gasteiger partial charge is 0.457 e. The minimum Gasteiger partial charge on any atom is -0.457 e. The van der Waals surface area contributed by atoms with E-state index in [1.807, 2.05) is 52.1 Å². The van der Waals surface area contributed by atoms with E-state index in [0.29, 0.717) is 19.6 Å². The lowest BCUT2D eigenvalue weighted by Crippen LogP contribution is -2.50. The Bertz CT molecular complexity index is 1030. The number of nitrogens with zero attached hydrogens (tertiary/aromatic N) is 2. The van der Waals surface area contributed by atoms with Gasteiger partial charge in [-0.25, -0.2) is 4.79 Å². The molecule has 0 aromatic carbocycles. The number of carbonyl (C=O) groups excluding carboxylic acids is 3. The fourth-order valence-electron chi connectivity index (χ4n) is 5.78. The van der Waals surface area contributed by atoms with Crippen molar-refractivity contribution in [1.29, 1.82) is 0 Å². The van der Waals surface area contributed by atoms with Crippen molar-refractivity contribution in [2.75, 3.05) is 39.8 Å². The van der Waals surface area contributed by atoms with Crippen LogP contribution in [0.25, 0.3) is 0 Å². The lowest BCUT2D eigenvalue weighted by atomic mass is 9.89. The molecule has 0 aromatic heterocycles. The predicted octanol–water partition coefficient (Wildman–Crippen LogP) is 3.58. The van der Waals surface area contributed by atoms with Gasteiger partial charge in [-0.1, -0.05) is 51.0 Å². The molecule has 2 heterocycles. The molecule has 2 amide bonds. The van der Waals surface area contributed by atoms with E-state index in [2.05, 4.69) is 10.2 Å². The Balaban J connectivity index is 1.71. The van der Waals surface area contributed by atoms with Crippen LogP contribution < -0.4 is 5.32 Å². The summed E-state index contributed by atoms with van der Waals surface area (Å²) in [6, 6.07) is 0. The quantitative estimate of drug-likeness (QED) is 0.229. The maximum atomic E-state index is 13.0. The Morgan fingerprint density at radius 3 is 2.53 bits per heavy atom. The minimum atomic E-state index is -1.45. The number of nitrogens with one attached hydrogen (secondary N) is 1. The van der Waals surface area contributed by atoms with E-state index in [1.54, 1.807) is 17.9 Å². The van der Waals surface area contributed by atoms with Crippen molar-refractivity contribution in [2.24, 2.45) is 17.8 Å². The SMILES string of the molecule is C/C(=C\C=C\[C@@H](C)CNC(=O)C1CCCC1)[C@H]1OC(=O)C[C@H](O)CC[C@@](C)(O)[C@@H](OC(=O)N2CCN(C)CC2)/C=C\[C@@H]1C. The molecule has 2 aliphatic heterocycles. The topological polar surface area (TPSA) is 129 Å². The third-order valence-electron chi connectivity index (χ3n) is 8.89. The number of aliphatic hydroxyl groups excluding tert-OH is 1. The van der Waals surface area contributed by atoms with Gasteiger partial charge in [0.25, 0.3) is 0 Å². The first-order chi connectivity index (χ1) is 20.4. The lowest BCUT2D eigenvalue weighted by molar-refractivity contribution is -0.151. The molecule has 6 atom stereocenters. The number of aliphatic hydroxyl groups is 2. The van der Waals surface area contributed by atoms with E-state index in [-0.39, 0.29) is 42.9 Å². The standard InChI is InChI=1S/C33H53N3O7/c1-23(22-34-31(39)26-11-6-7-12-26)9-8-10-24(2)30-25(3)13-14-28(42-32(40)36-19-17-35(5)18-20-36)33(4,41)16-15-27(37)21-29(38)43-30/h8-10,13-14,23,25-28,30,37,41H,6-7,11-12,15-22H2,1-5H3,(H,34,39)/b9-8+,14-13-,24-10+/t23-,25+,27-,28+,30-,33-/m1/s1. The number of esters is 1. The summed E-state index contributed by atoms with van der Waals surface area (Å²) in [4.78, 5) is 41.9. The number of piperazine rings is 1. The molecule has 1 saturated carbocycles. The summed E-state index contributed by atoms with van der Waals surface area (Å²) in [7, 11) is 2.00. The van der Waals surface area contributed by atoms with Gasteiger partial charge in [0.15, 0.2) is 6.10 Å². The van der Waals surface area contributed by atoms with Gasteiger partial charge in [-0.15, -0.1) is 0 Å². The van der Waals surface area contributed by atoms with E-state index < -0.39 is 36.0 Å². The highest BCUT2D eigenvalue weighted by Gasteiger charge is 2.36.